The van der Waals surface area contributed by atoms with Crippen molar-refractivity contribution in [3.63, 3.8) is 0 Å². The van der Waals surface area contributed by atoms with Gasteiger partial charge in [-0.2, -0.15) is 0 Å². The molecule has 37 valence electrons. The van der Waals surface area contributed by atoms with Crippen LogP contribution < -0.4 is 0 Å². The van der Waals surface area contributed by atoms with Crippen LogP contribution in [0.25, 0.3) is 0 Å². The van der Waals surface area contributed by atoms with Gasteiger partial charge < -0.3 is 0 Å². The van der Waals surface area contributed by atoms with Crippen LogP contribution in [0.4, 0.5) is 0 Å². The first-order chi connectivity index (χ1) is 3.43. The molecule has 0 aromatic heterocycles. The number of hydrogen-bond acceptors (Lipinski definition) is 2. The number of amides is 1. The van der Waals surface area contributed by atoms with Crippen molar-refractivity contribution in [3.8, 4) is 0 Å². The van der Waals surface area contributed by atoms with E-state index in [-0.39, 0.29) is 0 Å². The minimum atomic E-state index is 0.703. The van der Waals surface area contributed by atoms with Gasteiger partial charge in [-0.15, -0.1) is 0 Å². The second-order valence-electron chi connectivity index (χ2n) is 1.13. The third kappa shape index (κ3) is 0.962. The van der Waals surface area contributed by atoms with Crippen LogP contribution in [0.5, 0.6) is 0 Å². The molecule has 1 aliphatic rings. The Bertz CT molecular complexity index is 93.9. The molecule has 0 bridgehead atoms. The Labute approximate surface area is 46.3 Å². The summed E-state index contributed by atoms with van der Waals surface area (Å²) in [6, 6.07) is 0. The largest absolute Gasteiger partial charge is 0.323 e. The van der Waals surface area contributed by atoms with E-state index in [9.17, 15) is 4.79 Å². The normalized spacial score (nSPS) is 18.0. The fourth-order valence-corrected chi connectivity index (χ4v) is 0.891. The molecule has 0 unspecified atom stereocenters. The predicted octanol–water partition coefficient (Wildman–Crippen LogP) is 0.531. The predicted molar refractivity (Wildman–Crippen MR) is 29.1 cm³/mol. The average Bonchev–Trinajstić information content (AvgIpc) is 2.14. The summed E-state index contributed by atoms with van der Waals surface area (Å²) in [5, 5.41) is 1.87. The Balaban J connectivity index is 2.35. The van der Waals surface area contributed by atoms with E-state index in [1.807, 2.05) is 11.5 Å². The van der Waals surface area contributed by atoms with Crippen molar-refractivity contribution in [1.29, 1.82) is 0 Å². The van der Waals surface area contributed by atoms with Crippen LogP contribution in [0.2, 0.25) is 0 Å². The molecule has 1 amide bonds. The van der Waals surface area contributed by atoms with Gasteiger partial charge in [-0.1, -0.05) is 6.08 Å². The molecule has 3 heteroatoms. The molecule has 0 fully saturated rings. The van der Waals surface area contributed by atoms with Crippen molar-refractivity contribution in [2.75, 3.05) is 6.54 Å². The Hall–Kier alpha value is -0.440. The highest BCUT2D eigenvalue weighted by Crippen LogP contribution is 2.13. The Kier molecular flexibility index (Phi) is 1.36. The van der Waals surface area contributed by atoms with Crippen LogP contribution in [0, 0.1) is 0 Å². The molecule has 0 aliphatic carbocycles. The molecule has 1 heterocycles. The van der Waals surface area contributed by atoms with Gasteiger partial charge in [0.1, 0.15) is 0 Å². The van der Waals surface area contributed by atoms with E-state index >= 15 is 0 Å². The number of carbonyl (C=O) groups excluding carboxylic acids is 1. The minimum Gasteiger partial charge on any atom is -0.270 e. The first-order valence-corrected chi connectivity index (χ1v) is 2.74. The van der Waals surface area contributed by atoms with Gasteiger partial charge in [0.2, 0.25) is 0 Å². The SMILES string of the molecule is O=[C]N1CC=CS1. The molecule has 7 heavy (non-hydrogen) atoms. The molecular formula is C4H4NOS. The molecule has 0 N–H and O–H groups in total. The van der Waals surface area contributed by atoms with Crippen molar-refractivity contribution in [3.05, 3.63) is 11.5 Å². The molecule has 1 rings (SSSR count). The third-order valence-corrected chi connectivity index (χ3v) is 1.45. The molecule has 2 nitrogen and oxygen atoms in total. The van der Waals surface area contributed by atoms with Crippen molar-refractivity contribution in [2.24, 2.45) is 0 Å². The van der Waals surface area contributed by atoms with Crippen LogP contribution in [-0.2, 0) is 4.79 Å². The molecule has 0 aromatic rings. The zero-order valence-electron chi connectivity index (χ0n) is 3.63. The summed E-state index contributed by atoms with van der Waals surface area (Å²) in [6.45, 7) is 0.703. The van der Waals surface area contributed by atoms with Crippen molar-refractivity contribution < 1.29 is 4.79 Å². The molecule has 0 aromatic carbocycles. The van der Waals surface area contributed by atoms with Crippen LogP contribution in [0.1, 0.15) is 0 Å². The maximum atomic E-state index is 9.75. The monoisotopic (exact) mass is 114 g/mol. The Morgan fingerprint density at radius 3 is 3.00 bits per heavy atom. The lowest BCUT2D eigenvalue weighted by Crippen LogP contribution is -2.06. The summed E-state index contributed by atoms with van der Waals surface area (Å²) in [6.07, 6.45) is 3.66. The van der Waals surface area contributed by atoms with Crippen LogP contribution in [0.3, 0.4) is 0 Å². The van der Waals surface area contributed by atoms with E-state index < -0.39 is 0 Å². The fourth-order valence-electron chi connectivity index (χ4n) is 0.357. The van der Waals surface area contributed by atoms with E-state index in [1.165, 1.54) is 16.3 Å². The van der Waals surface area contributed by atoms with Crippen molar-refractivity contribution in [1.82, 2.24) is 4.31 Å². The molecule has 0 saturated carbocycles. The van der Waals surface area contributed by atoms with Gasteiger partial charge in [0, 0.05) is 0 Å². The summed E-state index contributed by atoms with van der Waals surface area (Å²) in [5.74, 6) is 0. The van der Waals surface area contributed by atoms with Gasteiger partial charge >= 0.3 is 6.41 Å². The highest BCUT2D eigenvalue weighted by Gasteiger charge is 2.02. The van der Waals surface area contributed by atoms with Gasteiger partial charge in [-0.05, 0) is 17.4 Å². The molecule has 1 aliphatic heterocycles. The third-order valence-electron chi connectivity index (χ3n) is 0.657. The summed E-state index contributed by atoms with van der Waals surface area (Å²) >= 11 is 1.37. The number of rotatable bonds is 1. The quantitative estimate of drug-likeness (QED) is 0.463. The summed E-state index contributed by atoms with van der Waals surface area (Å²) in [4.78, 5) is 9.75. The lowest BCUT2D eigenvalue weighted by atomic mass is 10.6. The smallest absolute Gasteiger partial charge is 0.270 e. The first-order valence-electron chi connectivity index (χ1n) is 1.90. The van der Waals surface area contributed by atoms with Gasteiger partial charge in [0.05, 0.1) is 6.54 Å². The second-order valence-corrected chi connectivity index (χ2v) is 2.05. The Morgan fingerprint density at radius 2 is 2.71 bits per heavy atom. The van der Waals surface area contributed by atoms with E-state index in [0.717, 1.165) is 0 Å². The summed E-state index contributed by atoms with van der Waals surface area (Å²) in [7, 11) is 0. The summed E-state index contributed by atoms with van der Waals surface area (Å²) in [5.41, 5.74) is 0. The van der Waals surface area contributed by atoms with E-state index in [1.54, 1.807) is 6.41 Å². The van der Waals surface area contributed by atoms with Gasteiger partial charge in [0.25, 0.3) is 0 Å². The number of hydrogen-bond donors (Lipinski definition) is 0. The van der Waals surface area contributed by atoms with Gasteiger partial charge in [-0.25, -0.2) is 0 Å². The van der Waals surface area contributed by atoms with Crippen molar-refractivity contribution >= 4 is 18.4 Å². The molecule has 0 atom stereocenters. The van der Waals surface area contributed by atoms with Gasteiger partial charge in [-0.3, -0.25) is 9.10 Å². The zero-order chi connectivity index (χ0) is 5.11. The van der Waals surface area contributed by atoms with Crippen LogP contribution in [0.15, 0.2) is 11.5 Å². The molecule has 1 radical (unpaired) electrons. The maximum absolute atomic E-state index is 9.75. The van der Waals surface area contributed by atoms with Gasteiger partial charge in [0.15, 0.2) is 0 Å². The zero-order valence-corrected chi connectivity index (χ0v) is 4.44. The van der Waals surface area contributed by atoms with Crippen molar-refractivity contribution in [2.45, 2.75) is 0 Å². The Morgan fingerprint density at radius 1 is 1.86 bits per heavy atom. The first kappa shape index (κ1) is 4.71. The lowest BCUT2D eigenvalue weighted by Gasteiger charge is -1.99. The van der Waals surface area contributed by atoms with E-state index in [2.05, 4.69) is 0 Å². The average molecular weight is 114 g/mol. The summed E-state index contributed by atoms with van der Waals surface area (Å²) < 4.78 is 1.49. The maximum Gasteiger partial charge on any atom is 0.323 e. The fraction of sp³-hybridized carbons (Fsp3) is 0.250. The second kappa shape index (κ2) is 2.02. The van der Waals surface area contributed by atoms with Crippen LogP contribution in [-0.4, -0.2) is 17.3 Å². The van der Waals surface area contributed by atoms with E-state index in [4.69, 9.17) is 0 Å². The molecule has 0 saturated heterocycles. The standard InChI is InChI=1S/C4H4NOS/c6-4-5-2-1-3-7-5/h1,3H,2H2. The molecule has 0 spiro atoms. The highest BCUT2D eigenvalue weighted by molar-refractivity contribution is 8.00. The number of nitrogens with zero attached hydrogens (tertiary/aromatic N) is 1. The highest BCUT2D eigenvalue weighted by atomic mass is 32.2. The lowest BCUT2D eigenvalue weighted by molar-refractivity contribution is 0.518. The minimum absolute atomic E-state index is 0.703. The topological polar surface area (TPSA) is 20.3 Å². The van der Waals surface area contributed by atoms with Crippen LogP contribution >= 0.6 is 11.9 Å². The molecular weight excluding hydrogens is 110 g/mol. The van der Waals surface area contributed by atoms with E-state index in [0.29, 0.717) is 6.54 Å².